The van der Waals surface area contributed by atoms with Crippen LogP contribution in [0.1, 0.15) is 36.3 Å². The number of benzene rings is 1. The first-order valence-corrected chi connectivity index (χ1v) is 7.58. The number of aryl methyl sites for hydroxylation is 1. The summed E-state index contributed by atoms with van der Waals surface area (Å²) < 4.78 is 5.42. The van der Waals surface area contributed by atoms with Crippen LogP contribution in [0.2, 0.25) is 10.0 Å². The lowest BCUT2D eigenvalue weighted by Gasteiger charge is -2.19. The van der Waals surface area contributed by atoms with Crippen molar-refractivity contribution in [3.8, 4) is 0 Å². The van der Waals surface area contributed by atoms with Crippen LogP contribution in [0.4, 0.5) is 0 Å². The molecule has 0 aliphatic rings. The number of nitrogens with one attached hydrogen (secondary N) is 1. The summed E-state index contributed by atoms with van der Waals surface area (Å²) in [6.45, 7) is 5.10. The molecule has 1 aromatic carbocycles. The monoisotopic (exact) mass is 311 g/mol. The number of halogens is 2. The fourth-order valence-electron chi connectivity index (χ4n) is 2.27. The highest BCUT2D eigenvalue weighted by Crippen LogP contribution is 2.28. The zero-order valence-corrected chi connectivity index (χ0v) is 13.3. The van der Waals surface area contributed by atoms with Crippen molar-refractivity contribution in [3.63, 3.8) is 0 Å². The molecule has 1 aromatic heterocycles. The minimum Gasteiger partial charge on any atom is -0.469 e. The van der Waals surface area contributed by atoms with Gasteiger partial charge in [0, 0.05) is 21.7 Å². The highest BCUT2D eigenvalue weighted by atomic mass is 35.5. The molecule has 0 bridgehead atoms. The van der Waals surface area contributed by atoms with Crippen molar-refractivity contribution in [2.24, 2.45) is 0 Å². The van der Waals surface area contributed by atoms with E-state index in [1.807, 2.05) is 25.1 Å². The second-order valence-corrected chi connectivity index (χ2v) is 5.72. The van der Waals surface area contributed by atoms with E-state index in [1.165, 1.54) is 5.56 Å². The third-order valence-electron chi connectivity index (χ3n) is 3.35. The Bertz CT molecular complexity index is 565. The van der Waals surface area contributed by atoms with Crippen molar-refractivity contribution < 1.29 is 4.42 Å². The molecule has 20 heavy (non-hydrogen) atoms. The van der Waals surface area contributed by atoms with Gasteiger partial charge in [-0.3, -0.25) is 0 Å². The molecular weight excluding hydrogens is 293 g/mol. The molecular formula is C16H19Cl2NO. The van der Waals surface area contributed by atoms with Crippen molar-refractivity contribution in [1.82, 2.24) is 5.32 Å². The van der Waals surface area contributed by atoms with E-state index in [4.69, 9.17) is 27.6 Å². The van der Waals surface area contributed by atoms with Gasteiger partial charge in [0.2, 0.25) is 0 Å². The molecule has 1 unspecified atom stereocenters. The SMILES string of the molecule is CCCNC(Cc1ccc(Cl)cc1Cl)c1ccoc1C. The summed E-state index contributed by atoms with van der Waals surface area (Å²) in [4.78, 5) is 0. The first-order chi connectivity index (χ1) is 9.61. The van der Waals surface area contributed by atoms with Gasteiger partial charge in [-0.15, -0.1) is 0 Å². The quantitative estimate of drug-likeness (QED) is 0.795. The maximum Gasteiger partial charge on any atom is 0.105 e. The molecule has 0 fully saturated rings. The predicted octanol–water partition coefficient (Wildman–Crippen LogP) is 5.18. The number of furan rings is 1. The van der Waals surface area contributed by atoms with Crippen LogP contribution in [-0.4, -0.2) is 6.54 Å². The van der Waals surface area contributed by atoms with Gasteiger partial charge < -0.3 is 9.73 Å². The van der Waals surface area contributed by atoms with E-state index in [0.29, 0.717) is 10.0 Å². The summed E-state index contributed by atoms with van der Waals surface area (Å²) in [5.74, 6) is 0.948. The van der Waals surface area contributed by atoms with E-state index in [-0.39, 0.29) is 6.04 Å². The van der Waals surface area contributed by atoms with Gasteiger partial charge in [-0.25, -0.2) is 0 Å². The smallest absolute Gasteiger partial charge is 0.105 e. The van der Waals surface area contributed by atoms with E-state index in [2.05, 4.69) is 12.2 Å². The molecule has 2 rings (SSSR count). The van der Waals surface area contributed by atoms with E-state index in [1.54, 1.807) is 12.3 Å². The summed E-state index contributed by atoms with van der Waals surface area (Å²) in [7, 11) is 0. The third-order valence-corrected chi connectivity index (χ3v) is 3.94. The molecule has 0 spiro atoms. The Balaban J connectivity index is 2.21. The lowest BCUT2D eigenvalue weighted by atomic mass is 9.99. The second kappa shape index (κ2) is 7.16. The fraction of sp³-hybridized carbons (Fsp3) is 0.375. The highest BCUT2D eigenvalue weighted by molar-refractivity contribution is 6.35. The summed E-state index contributed by atoms with van der Waals surface area (Å²) in [5, 5.41) is 4.92. The zero-order chi connectivity index (χ0) is 14.5. The van der Waals surface area contributed by atoms with Gasteiger partial charge in [0.15, 0.2) is 0 Å². The van der Waals surface area contributed by atoms with Crippen LogP contribution >= 0.6 is 23.2 Å². The van der Waals surface area contributed by atoms with E-state index in [9.17, 15) is 0 Å². The Hall–Kier alpha value is -0.960. The maximum absolute atomic E-state index is 6.27. The minimum absolute atomic E-state index is 0.201. The Morgan fingerprint density at radius 3 is 2.65 bits per heavy atom. The fourth-order valence-corrected chi connectivity index (χ4v) is 2.76. The first-order valence-electron chi connectivity index (χ1n) is 6.83. The van der Waals surface area contributed by atoms with Crippen LogP contribution in [-0.2, 0) is 6.42 Å². The van der Waals surface area contributed by atoms with Gasteiger partial charge in [0.05, 0.1) is 6.26 Å². The van der Waals surface area contributed by atoms with Crippen LogP contribution in [0.3, 0.4) is 0 Å². The largest absolute Gasteiger partial charge is 0.469 e. The highest BCUT2D eigenvalue weighted by Gasteiger charge is 2.17. The Labute approximate surface area is 130 Å². The number of hydrogen-bond donors (Lipinski definition) is 1. The molecule has 1 N–H and O–H groups in total. The van der Waals surface area contributed by atoms with Crippen molar-refractivity contribution >= 4 is 23.2 Å². The molecule has 0 saturated carbocycles. The van der Waals surface area contributed by atoms with Crippen molar-refractivity contribution in [1.29, 1.82) is 0 Å². The van der Waals surface area contributed by atoms with Gasteiger partial charge in [-0.2, -0.15) is 0 Å². The zero-order valence-electron chi connectivity index (χ0n) is 11.7. The molecule has 2 nitrogen and oxygen atoms in total. The molecule has 0 amide bonds. The normalized spacial score (nSPS) is 12.6. The van der Waals surface area contributed by atoms with Gasteiger partial charge in [0.25, 0.3) is 0 Å². The first kappa shape index (κ1) is 15.4. The molecule has 0 radical (unpaired) electrons. The van der Waals surface area contributed by atoms with Crippen LogP contribution in [0, 0.1) is 6.92 Å². The van der Waals surface area contributed by atoms with E-state index in [0.717, 1.165) is 30.7 Å². The molecule has 0 aliphatic carbocycles. The van der Waals surface area contributed by atoms with Crippen molar-refractivity contribution in [3.05, 3.63) is 57.5 Å². The van der Waals surface area contributed by atoms with Gasteiger partial charge >= 0.3 is 0 Å². The number of rotatable bonds is 6. The topological polar surface area (TPSA) is 25.2 Å². The van der Waals surface area contributed by atoms with Crippen LogP contribution < -0.4 is 5.32 Å². The Kier molecular flexibility index (Phi) is 5.53. The lowest BCUT2D eigenvalue weighted by molar-refractivity contribution is 0.494. The maximum atomic E-state index is 6.27. The van der Waals surface area contributed by atoms with E-state index < -0.39 is 0 Å². The van der Waals surface area contributed by atoms with Gasteiger partial charge in [-0.1, -0.05) is 36.2 Å². The molecule has 2 aromatic rings. The minimum atomic E-state index is 0.201. The van der Waals surface area contributed by atoms with Crippen molar-refractivity contribution in [2.45, 2.75) is 32.7 Å². The summed E-state index contributed by atoms with van der Waals surface area (Å²) in [6.07, 6.45) is 3.63. The molecule has 1 heterocycles. The summed E-state index contributed by atoms with van der Waals surface area (Å²) in [5.41, 5.74) is 2.27. The second-order valence-electron chi connectivity index (χ2n) is 4.88. The molecule has 108 valence electrons. The molecule has 1 atom stereocenters. The van der Waals surface area contributed by atoms with Crippen LogP contribution in [0.5, 0.6) is 0 Å². The number of hydrogen-bond acceptors (Lipinski definition) is 2. The predicted molar refractivity (Wildman–Crippen MR) is 84.6 cm³/mol. The standard InChI is InChI=1S/C16H19Cl2NO/c1-3-7-19-16(14-6-8-20-11(14)2)9-12-4-5-13(17)10-15(12)18/h4-6,8,10,16,19H,3,7,9H2,1-2H3. The summed E-state index contributed by atoms with van der Waals surface area (Å²) in [6, 6.07) is 7.87. The van der Waals surface area contributed by atoms with Gasteiger partial charge in [-0.05, 0) is 50.1 Å². The Morgan fingerprint density at radius 1 is 1.25 bits per heavy atom. The average molecular weight is 312 g/mol. The summed E-state index contributed by atoms with van der Waals surface area (Å²) >= 11 is 12.2. The Morgan fingerprint density at radius 2 is 2.05 bits per heavy atom. The average Bonchev–Trinajstić information content (AvgIpc) is 2.83. The molecule has 0 saturated heterocycles. The molecule has 4 heteroatoms. The van der Waals surface area contributed by atoms with Crippen LogP contribution in [0.25, 0.3) is 0 Å². The van der Waals surface area contributed by atoms with Crippen LogP contribution in [0.15, 0.2) is 34.9 Å². The van der Waals surface area contributed by atoms with Gasteiger partial charge in [0.1, 0.15) is 5.76 Å². The van der Waals surface area contributed by atoms with Crippen molar-refractivity contribution in [2.75, 3.05) is 6.54 Å². The van der Waals surface area contributed by atoms with E-state index >= 15 is 0 Å². The molecule has 0 aliphatic heterocycles. The third kappa shape index (κ3) is 3.78. The lowest BCUT2D eigenvalue weighted by Crippen LogP contribution is -2.24.